The van der Waals surface area contributed by atoms with Crippen LogP contribution < -0.4 is 5.73 Å². The lowest BCUT2D eigenvalue weighted by atomic mass is 10.0. The van der Waals surface area contributed by atoms with Crippen LogP contribution in [0.3, 0.4) is 0 Å². The molecular weight excluding hydrogens is 209 g/mol. The zero-order valence-electron chi connectivity index (χ0n) is 9.71. The van der Waals surface area contributed by atoms with Crippen molar-refractivity contribution >= 4 is 5.97 Å². The Morgan fingerprint density at radius 3 is 2.56 bits per heavy atom. The maximum atomic E-state index is 13.6. The van der Waals surface area contributed by atoms with E-state index in [1.807, 2.05) is 13.8 Å². The van der Waals surface area contributed by atoms with E-state index in [2.05, 4.69) is 4.74 Å². The van der Waals surface area contributed by atoms with Gasteiger partial charge in [-0.05, 0) is 36.6 Å². The summed E-state index contributed by atoms with van der Waals surface area (Å²) in [6, 6.07) is 2.35. The number of ether oxygens (including phenoxy) is 1. The standard InChI is InChI=1S/C12H16FNO2/c1-7-4-9(10(13)5-8(7)2)6-11(14)12(15)16-3/h4-5,11H,6,14H2,1-3H3. The van der Waals surface area contributed by atoms with E-state index in [0.717, 1.165) is 11.1 Å². The average molecular weight is 225 g/mol. The SMILES string of the molecule is COC(=O)C(N)Cc1cc(C)c(C)cc1F. The van der Waals surface area contributed by atoms with Crippen molar-refractivity contribution in [3.05, 3.63) is 34.6 Å². The molecule has 0 aromatic heterocycles. The van der Waals surface area contributed by atoms with Crippen LogP contribution in [0.5, 0.6) is 0 Å². The number of rotatable bonds is 3. The van der Waals surface area contributed by atoms with Crippen LogP contribution in [-0.4, -0.2) is 19.1 Å². The molecule has 1 unspecified atom stereocenters. The molecular formula is C12H16FNO2. The molecule has 0 radical (unpaired) electrons. The Kier molecular flexibility index (Phi) is 4.01. The van der Waals surface area contributed by atoms with Gasteiger partial charge in [-0.2, -0.15) is 0 Å². The van der Waals surface area contributed by atoms with Crippen LogP contribution in [0.2, 0.25) is 0 Å². The second-order valence-electron chi connectivity index (χ2n) is 3.86. The maximum Gasteiger partial charge on any atom is 0.322 e. The van der Waals surface area contributed by atoms with E-state index >= 15 is 0 Å². The summed E-state index contributed by atoms with van der Waals surface area (Å²) in [4.78, 5) is 11.1. The molecule has 1 aromatic carbocycles. The van der Waals surface area contributed by atoms with Gasteiger partial charge >= 0.3 is 5.97 Å². The van der Waals surface area contributed by atoms with Crippen molar-refractivity contribution in [2.45, 2.75) is 26.3 Å². The molecule has 0 aliphatic rings. The minimum Gasteiger partial charge on any atom is -0.468 e. The second kappa shape index (κ2) is 5.07. The van der Waals surface area contributed by atoms with Crippen molar-refractivity contribution in [1.82, 2.24) is 0 Å². The first-order valence-corrected chi connectivity index (χ1v) is 5.04. The van der Waals surface area contributed by atoms with E-state index in [1.165, 1.54) is 13.2 Å². The molecule has 0 fully saturated rings. The van der Waals surface area contributed by atoms with Crippen molar-refractivity contribution in [3.8, 4) is 0 Å². The van der Waals surface area contributed by atoms with Crippen LogP contribution >= 0.6 is 0 Å². The third kappa shape index (κ3) is 2.79. The highest BCUT2D eigenvalue weighted by Gasteiger charge is 2.16. The number of hydrogen-bond acceptors (Lipinski definition) is 3. The monoisotopic (exact) mass is 225 g/mol. The van der Waals surface area contributed by atoms with Crippen LogP contribution in [0.25, 0.3) is 0 Å². The number of carbonyl (C=O) groups excluding carboxylic acids is 1. The summed E-state index contributed by atoms with van der Waals surface area (Å²) in [6.45, 7) is 3.73. The van der Waals surface area contributed by atoms with E-state index in [-0.39, 0.29) is 12.2 Å². The fourth-order valence-corrected chi connectivity index (χ4v) is 1.47. The molecule has 0 spiro atoms. The molecule has 0 aliphatic carbocycles. The van der Waals surface area contributed by atoms with Crippen molar-refractivity contribution in [1.29, 1.82) is 0 Å². The van der Waals surface area contributed by atoms with Gasteiger partial charge in [-0.3, -0.25) is 4.79 Å². The van der Waals surface area contributed by atoms with Crippen molar-refractivity contribution < 1.29 is 13.9 Å². The molecule has 0 bridgehead atoms. The van der Waals surface area contributed by atoms with Gasteiger partial charge < -0.3 is 10.5 Å². The van der Waals surface area contributed by atoms with Gasteiger partial charge in [-0.1, -0.05) is 6.07 Å². The lowest BCUT2D eigenvalue weighted by molar-refractivity contribution is -0.142. The van der Waals surface area contributed by atoms with Crippen molar-refractivity contribution in [2.24, 2.45) is 5.73 Å². The largest absolute Gasteiger partial charge is 0.468 e. The van der Waals surface area contributed by atoms with Crippen LogP contribution in [-0.2, 0) is 16.0 Å². The molecule has 1 atom stereocenters. The van der Waals surface area contributed by atoms with Gasteiger partial charge in [-0.25, -0.2) is 4.39 Å². The first kappa shape index (κ1) is 12.6. The third-order valence-electron chi connectivity index (χ3n) is 2.61. The predicted octanol–water partition coefficient (Wildman–Crippen LogP) is 1.49. The minimum absolute atomic E-state index is 0.152. The molecule has 0 aliphatic heterocycles. The Morgan fingerprint density at radius 2 is 2.00 bits per heavy atom. The lowest BCUT2D eigenvalue weighted by Gasteiger charge is -2.11. The number of nitrogens with two attached hydrogens (primary N) is 1. The molecule has 1 rings (SSSR count). The van der Waals surface area contributed by atoms with Gasteiger partial charge in [-0.15, -0.1) is 0 Å². The Balaban J connectivity index is 2.89. The Bertz CT molecular complexity index is 404. The number of methoxy groups -OCH3 is 1. The molecule has 0 amide bonds. The summed E-state index contributed by atoms with van der Waals surface area (Å²) in [5.41, 5.74) is 7.88. The zero-order valence-corrected chi connectivity index (χ0v) is 9.71. The molecule has 88 valence electrons. The second-order valence-corrected chi connectivity index (χ2v) is 3.86. The van der Waals surface area contributed by atoms with Crippen LogP contribution in [0, 0.1) is 19.7 Å². The Morgan fingerprint density at radius 1 is 1.44 bits per heavy atom. The summed E-state index contributed by atoms with van der Waals surface area (Å²) in [5, 5.41) is 0. The summed E-state index contributed by atoms with van der Waals surface area (Å²) < 4.78 is 18.0. The molecule has 0 heterocycles. The minimum atomic E-state index is -0.818. The van der Waals surface area contributed by atoms with Gasteiger partial charge in [0.2, 0.25) is 0 Å². The lowest BCUT2D eigenvalue weighted by Crippen LogP contribution is -2.33. The number of halogens is 1. The van der Waals surface area contributed by atoms with Crippen LogP contribution in [0.4, 0.5) is 4.39 Å². The van der Waals surface area contributed by atoms with E-state index in [9.17, 15) is 9.18 Å². The topological polar surface area (TPSA) is 52.3 Å². The molecule has 1 aromatic rings. The zero-order chi connectivity index (χ0) is 12.3. The number of esters is 1. The quantitative estimate of drug-likeness (QED) is 0.793. The van der Waals surface area contributed by atoms with E-state index < -0.39 is 12.0 Å². The number of benzene rings is 1. The van der Waals surface area contributed by atoms with Crippen molar-refractivity contribution in [2.75, 3.05) is 7.11 Å². The number of hydrogen-bond donors (Lipinski definition) is 1. The smallest absolute Gasteiger partial charge is 0.322 e. The van der Waals surface area contributed by atoms with E-state index in [4.69, 9.17) is 5.73 Å². The van der Waals surface area contributed by atoms with Crippen molar-refractivity contribution in [3.63, 3.8) is 0 Å². The highest BCUT2D eigenvalue weighted by atomic mass is 19.1. The van der Waals surface area contributed by atoms with Gasteiger partial charge in [0.15, 0.2) is 0 Å². The highest BCUT2D eigenvalue weighted by molar-refractivity contribution is 5.75. The molecule has 0 saturated heterocycles. The Hall–Kier alpha value is -1.42. The molecule has 0 saturated carbocycles. The molecule has 4 heteroatoms. The highest BCUT2D eigenvalue weighted by Crippen LogP contribution is 2.16. The number of carbonyl (C=O) groups is 1. The van der Waals surface area contributed by atoms with Gasteiger partial charge in [0, 0.05) is 6.42 Å². The predicted molar refractivity (Wildman–Crippen MR) is 59.6 cm³/mol. The van der Waals surface area contributed by atoms with Crippen LogP contribution in [0.15, 0.2) is 12.1 Å². The first-order chi connectivity index (χ1) is 7.45. The summed E-state index contributed by atoms with van der Waals surface area (Å²) in [6.07, 6.45) is 0.152. The average Bonchev–Trinajstić information content (AvgIpc) is 2.24. The van der Waals surface area contributed by atoms with E-state index in [0.29, 0.717) is 5.56 Å². The number of aryl methyl sites for hydroxylation is 2. The summed E-state index contributed by atoms with van der Waals surface area (Å²) >= 11 is 0. The Labute approximate surface area is 94.4 Å². The maximum absolute atomic E-state index is 13.6. The molecule has 3 nitrogen and oxygen atoms in total. The van der Waals surface area contributed by atoms with Gasteiger partial charge in [0.05, 0.1) is 7.11 Å². The fourth-order valence-electron chi connectivity index (χ4n) is 1.47. The van der Waals surface area contributed by atoms with Gasteiger partial charge in [0.1, 0.15) is 11.9 Å². The van der Waals surface area contributed by atoms with Gasteiger partial charge in [0.25, 0.3) is 0 Å². The van der Waals surface area contributed by atoms with E-state index in [1.54, 1.807) is 6.07 Å². The third-order valence-corrected chi connectivity index (χ3v) is 2.61. The normalized spacial score (nSPS) is 12.3. The fraction of sp³-hybridized carbons (Fsp3) is 0.417. The first-order valence-electron chi connectivity index (χ1n) is 5.04. The molecule has 16 heavy (non-hydrogen) atoms. The summed E-state index contributed by atoms with van der Waals surface area (Å²) in [5.74, 6) is -0.861. The summed E-state index contributed by atoms with van der Waals surface area (Å²) in [7, 11) is 1.26. The van der Waals surface area contributed by atoms with Crippen LogP contribution in [0.1, 0.15) is 16.7 Å². The molecule has 2 N–H and O–H groups in total.